The molecule has 154 valence electrons. The van der Waals surface area contributed by atoms with Crippen molar-refractivity contribution in [1.82, 2.24) is 15.2 Å². The van der Waals surface area contributed by atoms with Gasteiger partial charge in [0.25, 0.3) is 5.91 Å². The topological polar surface area (TPSA) is 74.4 Å². The first-order chi connectivity index (χ1) is 14.1. The van der Waals surface area contributed by atoms with E-state index < -0.39 is 0 Å². The van der Waals surface area contributed by atoms with Crippen LogP contribution < -0.4 is 5.32 Å². The Kier molecular flexibility index (Phi) is 4.82. The second kappa shape index (κ2) is 7.48. The first kappa shape index (κ1) is 18.7. The summed E-state index contributed by atoms with van der Waals surface area (Å²) in [6.45, 7) is 3.92. The van der Waals surface area contributed by atoms with Gasteiger partial charge in [-0.1, -0.05) is 6.07 Å². The van der Waals surface area contributed by atoms with Crippen LogP contribution in [0.4, 0.5) is 0 Å². The van der Waals surface area contributed by atoms with Gasteiger partial charge in [0.2, 0.25) is 5.91 Å². The average molecular weight is 396 g/mol. The second-order valence-electron chi connectivity index (χ2n) is 9.10. The minimum absolute atomic E-state index is 0.00125. The van der Waals surface area contributed by atoms with Gasteiger partial charge in [-0.2, -0.15) is 0 Å². The monoisotopic (exact) mass is 395 g/mol. The van der Waals surface area contributed by atoms with Crippen LogP contribution in [-0.2, 0) is 9.53 Å². The van der Waals surface area contributed by atoms with Crippen LogP contribution in [0, 0.1) is 17.8 Å². The molecule has 3 fully saturated rings. The summed E-state index contributed by atoms with van der Waals surface area (Å²) in [5, 5.41) is 4.23. The Balaban J connectivity index is 1.28. The van der Waals surface area contributed by atoms with E-state index in [-0.39, 0.29) is 24.0 Å². The fourth-order valence-electron chi connectivity index (χ4n) is 5.08. The number of hydrogen-bond acceptors (Lipinski definition) is 3. The Morgan fingerprint density at radius 1 is 1.17 bits per heavy atom. The summed E-state index contributed by atoms with van der Waals surface area (Å²) in [4.78, 5) is 30.0. The Morgan fingerprint density at radius 2 is 1.97 bits per heavy atom. The van der Waals surface area contributed by atoms with Crippen molar-refractivity contribution in [2.75, 3.05) is 19.7 Å². The van der Waals surface area contributed by atoms with Crippen LogP contribution in [0.3, 0.4) is 0 Å². The van der Waals surface area contributed by atoms with Crippen molar-refractivity contribution >= 4 is 22.7 Å². The summed E-state index contributed by atoms with van der Waals surface area (Å²) < 4.78 is 6.23. The summed E-state index contributed by atoms with van der Waals surface area (Å²) in [5.41, 5.74) is 1.73. The maximum absolute atomic E-state index is 13.1. The van der Waals surface area contributed by atoms with E-state index >= 15 is 0 Å². The lowest BCUT2D eigenvalue weighted by atomic mass is 9.77. The van der Waals surface area contributed by atoms with Gasteiger partial charge >= 0.3 is 0 Å². The molecule has 6 heteroatoms. The molecule has 1 aromatic carbocycles. The predicted octanol–water partition coefficient (Wildman–Crippen LogP) is 2.95. The van der Waals surface area contributed by atoms with Gasteiger partial charge < -0.3 is 19.9 Å². The Morgan fingerprint density at radius 3 is 2.72 bits per heavy atom. The third-order valence-electron chi connectivity index (χ3n) is 6.84. The molecule has 5 rings (SSSR count). The molecule has 0 spiro atoms. The number of likely N-dealkylation sites (tertiary alicyclic amines) is 1. The van der Waals surface area contributed by atoms with Crippen LogP contribution in [0.25, 0.3) is 10.9 Å². The van der Waals surface area contributed by atoms with Crippen LogP contribution in [0.15, 0.2) is 30.5 Å². The molecule has 2 saturated carbocycles. The van der Waals surface area contributed by atoms with Crippen LogP contribution in [0.2, 0.25) is 0 Å². The Labute approximate surface area is 171 Å². The van der Waals surface area contributed by atoms with Crippen molar-refractivity contribution in [1.29, 1.82) is 0 Å². The van der Waals surface area contributed by atoms with E-state index in [4.69, 9.17) is 4.74 Å². The second-order valence-corrected chi connectivity index (χ2v) is 9.10. The third-order valence-corrected chi connectivity index (χ3v) is 6.84. The smallest absolute Gasteiger partial charge is 0.253 e. The van der Waals surface area contributed by atoms with E-state index in [9.17, 15) is 9.59 Å². The molecule has 6 nitrogen and oxygen atoms in total. The van der Waals surface area contributed by atoms with Crippen LogP contribution in [0.1, 0.15) is 43.0 Å². The fourth-order valence-corrected chi connectivity index (χ4v) is 5.08. The van der Waals surface area contributed by atoms with E-state index in [1.807, 2.05) is 35.4 Å². The normalized spacial score (nSPS) is 29.1. The highest BCUT2D eigenvalue weighted by atomic mass is 16.5. The zero-order valence-electron chi connectivity index (χ0n) is 16.9. The van der Waals surface area contributed by atoms with E-state index in [0.717, 1.165) is 49.0 Å². The number of amides is 2. The molecule has 1 aliphatic heterocycles. The van der Waals surface area contributed by atoms with Crippen molar-refractivity contribution in [2.24, 2.45) is 17.8 Å². The minimum atomic E-state index is -0.00125. The molecular weight excluding hydrogens is 366 g/mol. The van der Waals surface area contributed by atoms with E-state index in [1.54, 1.807) is 6.92 Å². The predicted molar refractivity (Wildman–Crippen MR) is 110 cm³/mol. The van der Waals surface area contributed by atoms with Crippen molar-refractivity contribution in [3.8, 4) is 0 Å². The number of aromatic nitrogens is 1. The minimum Gasteiger partial charge on any atom is -0.376 e. The maximum Gasteiger partial charge on any atom is 0.253 e. The number of ether oxygens (including phenoxy) is 1. The van der Waals surface area contributed by atoms with Gasteiger partial charge in [0.1, 0.15) is 0 Å². The molecule has 1 saturated heterocycles. The van der Waals surface area contributed by atoms with E-state index in [2.05, 4.69) is 10.3 Å². The number of nitrogens with zero attached hydrogens (tertiary/aromatic N) is 1. The SMILES string of the molecule is CC(=O)N[C@@H]1C[C@@H]2CN(C(=O)c3ccc4cc[nH]c4c3)C[C@@H]2C[C@H]1OCC1CC1. The third kappa shape index (κ3) is 3.90. The average Bonchev–Trinajstić information content (AvgIpc) is 3.25. The van der Waals surface area contributed by atoms with Gasteiger partial charge in [0, 0.05) is 43.9 Å². The van der Waals surface area contributed by atoms with Crippen molar-refractivity contribution < 1.29 is 14.3 Å². The molecule has 1 aromatic heterocycles. The molecule has 0 bridgehead atoms. The summed E-state index contributed by atoms with van der Waals surface area (Å²) >= 11 is 0. The van der Waals surface area contributed by atoms with Crippen molar-refractivity contribution in [3.63, 3.8) is 0 Å². The van der Waals surface area contributed by atoms with Gasteiger partial charge in [-0.05, 0) is 67.0 Å². The van der Waals surface area contributed by atoms with Gasteiger partial charge in [0.15, 0.2) is 0 Å². The van der Waals surface area contributed by atoms with Gasteiger partial charge in [-0.15, -0.1) is 0 Å². The molecule has 0 radical (unpaired) electrons. The molecule has 2 N–H and O–H groups in total. The molecule has 0 unspecified atom stereocenters. The lowest BCUT2D eigenvalue weighted by molar-refractivity contribution is -0.122. The summed E-state index contributed by atoms with van der Waals surface area (Å²) in [6.07, 6.45) is 6.29. The largest absolute Gasteiger partial charge is 0.376 e. The van der Waals surface area contributed by atoms with Gasteiger partial charge in [-0.3, -0.25) is 9.59 Å². The molecule has 2 aliphatic carbocycles. The highest BCUT2D eigenvalue weighted by Crippen LogP contribution is 2.39. The summed E-state index contributed by atoms with van der Waals surface area (Å²) in [7, 11) is 0. The number of benzene rings is 1. The lowest BCUT2D eigenvalue weighted by Crippen LogP contribution is -2.50. The zero-order chi connectivity index (χ0) is 20.0. The van der Waals surface area contributed by atoms with E-state index in [0.29, 0.717) is 17.8 Å². The van der Waals surface area contributed by atoms with Crippen molar-refractivity contribution in [2.45, 2.75) is 44.8 Å². The van der Waals surface area contributed by atoms with Gasteiger partial charge in [-0.25, -0.2) is 0 Å². The molecule has 3 aliphatic rings. The summed E-state index contributed by atoms with van der Waals surface area (Å²) in [5.74, 6) is 1.67. The van der Waals surface area contributed by atoms with E-state index in [1.165, 1.54) is 12.8 Å². The van der Waals surface area contributed by atoms with Crippen molar-refractivity contribution in [3.05, 3.63) is 36.0 Å². The lowest BCUT2D eigenvalue weighted by Gasteiger charge is -2.38. The number of H-pyrrole nitrogens is 1. The number of hydrogen-bond donors (Lipinski definition) is 2. The molecule has 2 heterocycles. The number of rotatable bonds is 5. The number of aromatic amines is 1. The highest BCUT2D eigenvalue weighted by molar-refractivity contribution is 5.98. The van der Waals surface area contributed by atoms with Crippen LogP contribution >= 0.6 is 0 Å². The first-order valence-electron chi connectivity index (χ1n) is 10.8. The number of carbonyl (C=O) groups excluding carboxylic acids is 2. The maximum atomic E-state index is 13.1. The summed E-state index contributed by atoms with van der Waals surface area (Å²) in [6, 6.07) is 7.93. The Hall–Kier alpha value is -2.34. The number of nitrogens with one attached hydrogen (secondary N) is 2. The van der Waals surface area contributed by atoms with Crippen LogP contribution in [-0.4, -0.2) is 53.5 Å². The van der Waals surface area contributed by atoms with Crippen LogP contribution in [0.5, 0.6) is 0 Å². The number of fused-ring (bicyclic) bond motifs is 2. The molecular formula is C23H29N3O3. The fraction of sp³-hybridized carbons (Fsp3) is 0.565. The standard InChI is InChI=1S/C23H29N3O3/c1-14(27)25-21-9-18-11-26(12-19(18)10-22(21)29-13-15-2-3-15)23(28)17-5-4-16-6-7-24-20(16)8-17/h4-8,15,18-19,21-22,24H,2-3,9-13H2,1H3,(H,25,27)/t18-,19+,21-,22-/m1/s1. The molecule has 4 atom stereocenters. The highest BCUT2D eigenvalue weighted by Gasteiger charge is 2.44. The Bertz CT molecular complexity index is 919. The molecule has 2 amide bonds. The molecule has 2 aromatic rings. The number of carbonyl (C=O) groups is 2. The van der Waals surface area contributed by atoms with Gasteiger partial charge in [0.05, 0.1) is 12.1 Å². The zero-order valence-corrected chi connectivity index (χ0v) is 16.9. The molecule has 29 heavy (non-hydrogen) atoms. The quantitative estimate of drug-likeness (QED) is 0.817. The first-order valence-corrected chi connectivity index (χ1v) is 10.8.